The van der Waals surface area contributed by atoms with Gasteiger partial charge in [-0.2, -0.15) is 0 Å². The molecule has 0 saturated heterocycles. The second-order valence-electron chi connectivity index (χ2n) is 8.37. The summed E-state index contributed by atoms with van der Waals surface area (Å²) in [6, 6.07) is 0. The highest BCUT2D eigenvalue weighted by Crippen LogP contribution is 2.13. The molecule has 1 nitrogen and oxygen atoms in total. The second-order valence-corrected chi connectivity index (χ2v) is 8.37. The van der Waals surface area contributed by atoms with Gasteiger partial charge >= 0.3 is 0 Å². The highest BCUT2D eigenvalue weighted by atomic mass is 16.1. The topological polar surface area (TPSA) is 17.1 Å². The van der Waals surface area contributed by atoms with E-state index in [4.69, 9.17) is 0 Å². The van der Waals surface area contributed by atoms with Crippen LogP contribution in [-0.2, 0) is 4.79 Å². The Kier molecular flexibility index (Phi) is 24.9. The zero-order valence-corrected chi connectivity index (χ0v) is 18.7. The maximum absolute atomic E-state index is 10.2. The van der Waals surface area contributed by atoms with E-state index in [2.05, 4.69) is 19.1 Å². The van der Waals surface area contributed by atoms with Gasteiger partial charge in [0.15, 0.2) is 0 Å². The molecule has 0 aliphatic rings. The van der Waals surface area contributed by atoms with E-state index in [0.29, 0.717) is 0 Å². The van der Waals surface area contributed by atoms with Crippen molar-refractivity contribution in [1.29, 1.82) is 0 Å². The molecule has 0 fully saturated rings. The molecular formula is C26H50O. The van der Waals surface area contributed by atoms with Crippen LogP contribution < -0.4 is 0 Å². The quantitative estimate of drug-likeness (QED) is 0.0982. The van der Waals surface area contributed by atoms with Crippen molar-refractivity contribution in [1.82, 2.24) is 0 Å². The Hall–Kier alpha value is -0.590. The Morgan fingerprint density at radius 1 is 0.407 bits per heavy atom. The predicted molar refractivity (Wildman–Crippen MR) is 122 cm³/mol. The summed E-state index contributed by atoms with van der Waals surface area (Å²) in [5.41, 5.74) is 0. The minimum absolute atomic E-state index is 0.759. The van der Waals surface area contributed by atoms with Gasteiger partial charge in [-0.1, -0.05) is 122 Å². The van der Waals surface area contributed by atoms with Crippen molar-refractivity contribution in [3.05, 3.63) is 12.2 Å². The summed E-state index contributed by atoms with van der Waals surface area (Å²) in [6.45, 7) is 2.28. The lowest BCUT2D eigenvalue weighted by Gasteiger charge is -2.02. The van der Waals surface area contributed by atoms with Crippen molar-refractivity contribution in [2.75, 3.05) is 0 Å². The van der Waals surface area contributed by atoms with Crippen molar-refractivity contribution < 1.29 is 4.79 Å². The van der Waals surface area contributed by atoms with Crippen molar-refractivity contribution >= 4 is 6.29 Å². The summed E-state index contributed by atoms with van der Waals surface area (Å²) in [7, 11) is 0. The molecule has 160 valence electrons. The molecule has 0 heterocycles. The number of unbranched alkanes of at least 4 members (excludes halogenated alkanes) is 20. The molecule has 0 rings (SSSR count). The van der Waals surface area contributed by atoms with Gasteiger partial charge in [-0.25, -0.2) is 0 Å². The first-order valence-corrected chi connectivity index (χ1v) is 12.5. The van der Waals surface area contributed by atoms with E-state index in [9.17, 15) is 4.79 Å². The zero-order valence-electron chi connectivity index (χ0n) is 18.7. The SMILES string of the molecule is CCCCCCCCC=CCCCCCCCCCCCCCCCC=O. The van der Waals surface area contributed by atoms with Crippen LogP contribution in [0.3, 0.4) is 0 Å². The third-order valence-corrected chi connectivity index (χ3v) is 5.58. The summed E-state index contributed by atoms with van der Waals surface area (Å²) >= 11 is 0. The van der Waals surface area contributed by atoms with Crippen LogP contribution >= 0.6 is 0 Å². The molecule has 27 heavy (non-hydrogen) atoms. The Morgan fingerprint density at radius 3 is 1.04 bits per heavy atom. The zero-order chi connectivity index (χ0) is 19.7. The van der Waals surface area contributed by atoms with Gasteiger partial charge in [-0.15, -0.1) is 0 Å². The highest BCUT2D eigenvalue weighted by molar-refractivity contribution is 5.48. The normalized spacial score (nSPS) is 11.4. The van der Waals surface area contributed by atoms with Crippen LogP contribution in [-0.4, -0.2) is 6.29 Å². The van der Waals surface area contributed by atoms with Crippen LogP contribution in [0.5, 0.6) is 0 Å². The number of carbonyl (C=O) groups excluding carboxylic acids is 1. The molecule has 0 radical (unpaired) electrons. The molecule has 0 saturated carbocycles. The van der Waals surface area contributed by atoms with Gasteiger partial charge in [-0.3, -0.25) is 0 Å². The highest BCUT2D eigenvalue weighted by Gasteiger charge is 1.94. The fourth-order valence-corrected chi connectivity index (χ4v) is 3.71. The van der Waals surface area contributed by atoms with Crippen molar-refractivity contribution in [2.24, 2.45) is 0 Å². The van der Waals surface area contributed by atoms with E-state index >= 15 is 0 Å². The molecule has 0 aliphatic heterocycles. The van der Waals surface area contributed by atoms with Gasteiger partial charge in [0, 0.05) is 6.42 Å². The van der Waals surface area contributed by atoms with Gasteiger partial charge in [0.2, 0.25) is 0 Å². The van der Waals surface area contributed by atoms with Crippen molar-refractivity contribution in [3.8, 4) is 0 Å². The molecule has 0 spiro atoms. The lowest BCUT2D eigenvalue weighted by molar-refractivity contribution is -0.107. The monoisotopic (exact) mass is 378 g/mol. The lowest BCUT2D eigenvalue weighted by Crippen LogP contribution is -1.83. The standard InChI is InChI=1S/C26H50O/c1-2-3-4-5-6-7-8-9-10-11-12-13-14-15-16-17-18-19-20-21-22-23-24-25-26-27/h9-10,26H,2-8,11-25H2,1H3. The Balaban J connectivity index is 3.04. The van der Waals surface area contributed by atoms with Gasteiger partial charge in [0.1, 0.15) is 6.29 Å². The number of hydrogen-bond acceptors (Lipinski definition) is 1. The van der Waals surface area contributed by atoms with E-state index in [1.54, 1.807) is 0 Å². The van der Waals surface area contributed by atoms with Gasteiger partial charge < -0.3 is 4.79 Å². The van der Waals surface area contributed by atoms with E-state index in [1.807, 2.05) is 0 Å². The third kappa shape index (κ3) is 25.4. The van der Waals surface area contributed by atoms with E-state index in [0.717, 1.165) is 19.1 Å². The molecular weight excluding hydrogens is 328 g/mol. The smallest absolute Gasteiger partial charge is 0.119 e. The van der Waals surface area contributed by atoms with Crippen LogP contribution in [0.4, 0.5) is 0 Å². The molecule has 1 heteroatoms. The first-order valence-electron chi connectivity index (χ1n) is 12.5. The Bertz CT molecular complexity index is 295. The number of hydrogen-bond donors (Lipinski definition) is 0. The predicted octanol–water partition coefficient (Wildman–Crippen LogP) is 9.34. The fraction of sp³-hybridized carbons (Fsp3) is 0.885. The first-order chi connectivity index (χ1) is 13.4. The fourth-order valence-electron chi connectivity index (χ4n) is 3.71. The molecule has 0 aliphatic carbocycles. The number of allylic oxidation sites excluding steroid dienone is 2. The molecule has 0 N–H and O–H groups in total. The summed E-state index contributed by atoms with van der Waals surface area (Å²) in [5, 5.41) is 0. The minimum atomic E-state index is 0.759. The average Bonchev–Trinajstić information content (AvgIpc) is 2.68. The molecule has 0 bridgehead atoms. The Labute approximate surface area is 171 Å². The van der Waals surface area contributed by atoms with Crippen molar-refractivity contribution in [3.63, 3.8) is 0 Å². The molecule has 0 aromatic rings. The van der Waals surface area contributed by atoms with Crippen LogP contribution in [0.1, 0.15) is 148 Å². The molecule has 0 aromatic carbocycles. The van der Waals surface area contributed by atoms with Gasteiger partial charge in [0.05, 0.1) is 0 Å². The Morgan fingerprint density at radius 2 is 0.704 bits per heavy atom. The molecule has 0 unspecified atom stereocenters. The number of rotatable bonds is 23. The van der Waals surface area contributed by atoms with Crippen LogP contribution in [0, 0.1) is 0 Å². The summed E-state index contributed by atoms with van der Waals surface area (Å²) in [4.78, 5) is 10.2. The van der Waals surface area contributed by atoms with Crippen molar-refractivity contribution in [2.45, 2.75) is 148 Å². The molecule has 0 aromatic heterocycles. The van der Waals surface area contributed by atoms with Crippen LogP contribution in [0.2, 0.25) is 0 Å². The third-order valence-electron chi connectivity index (χ3n) is 5.58. The number of carbonyl (C=O) groups is 1. The van der Waals surface area contributed by atoms with Crippen LogP contribution in [0.25, 0.3) is 0 Å². The second kappa shape index (κ2) is 25.4. The van der Waals surface area contributed by atoms with Gasteiger partial charge in [0.25, 0.3) is 0 Å². The summed E-state index contributed by atoms with van der Waals surface area (Å²) in [6.07, 6.45) is 35.5. The molecule has 0 atom stereocenters. The average molecular weight is 379 g/mol. The van der Waals surface area contributed by atoms with E-state index in [1.165, 1.54) is 128 Å². The summed E-state index contributed by atoms with van der Waals surface area (Å²) < 4.78 is 0. The van der Waals surface area contributed by atoms with E-state index < -0.39 is 0 Å². The van der Waals surface area contributed by atoms with Gasteiger partial charge in [-0.05, 0) is 32.1 Å². The maximum atomic E-state index is 10.2. The maximum Gasteiger partial charge on any atom is 0.119 e. The first kappa shape index (κ1) is 26.4. The number of aldehydes is 1. The minimum Gasteiger partial charge on any atom is -0.303 e. The summed E-state index contributed by atoms with van der Waals surface area (Å²) in [5.74, 6) is 0. The van der Waals surface area contributed by atoms with E-state index in [-0.39, 0.29) is 0 Å². The largest absolute Gasteiger partial charge is 0.303 e. The van der Waals surface area contributed by atoms with Crippen LogP contribution in [0.15, 0.2) is 12.2 Å². The molecule has 0 amide bonds. The lowest BCUT2D eigenvalue weighted by atomic mass is 10.0.